The van der Waals surface area contributed by atoms with Crippen molar-refractivity contribution in [3.05, 3.63) is 60.2 Å². The molecular weight excluding hydrogens is 396 g/mol. The summed E-state index contributed by atoms with van der Waals surface area (Å²) in [5, 5.41) is 4.77. The van der Waals surface area contributed by atoms with Gasteiger partial charge in [-0.05, 0) is 64.3 Å². The van der Waals surface area contributed by atoms with Crippen LogP contribution in [0.1, 0.15) is 37.7 Å². The third kappa shape index (κ3) is 3.19. The lowest BCUT2D eigenvalue weighted by atomic mass is 9.94. The van der Waals surface area contributed by atoms with Crippen LogP contribution in [0.15, 0.2) is 54.6 Å². The van der Waals surface area contributed by atoms with E-state index in [2.05, 4.69) is 59.5 Å². The Morgan fingerprint density at radius 1 is 1.00 bits per heavy atom. The molecule has 32 heavy (non-hydrogen) atoms. The lowest BCUT2D eigenvalue weighted by Crippen LogP contribution is -2.41. The van der Waals surface area contributed by atoms with Crippen LogP contribution in [-0.2, 0) is 16.1 Å². The van der Waals surface area contributed by atoms with Crippen LogP contribution < -0.4 is 0 Å². The molecule has 0 radical (unpaired) electrons. The van der Waals surface area contributed by atoms with E-state index < -0.39 is 0 Å². The summed E-state index contributed by atoms with van der Waals surface area (Å²) in [6.45, 7) is 1.16. The largest absolute Gasteiger partial charge is 0.341 e. The fourth-order valence-electron chi connectivity index (χ4n) is 6.72. The number of carbonyl (C=O) groups excluding carboxylic acids is 2. The molecule has 1 aliphatic heterocycles. The number of amides is 2. The van der Waals surface area contributed by atoms with Crippen LogP contribution in [0.25, 0.3) is 21.5 Å². The summed E-state index contributed by atoms with van der Waals surface area (Å²) in [7, 11) is 1.89. The van der Waals surface area contributed by atoms with Gasteiger partial charge in [0.1, 0.15) is 0 Å². The number of hydrogen-bond donors (Lipinski definition) is 0. The van der Waals surface area contributed by atoms with E-state index in [0.717, 1.165) is 12.3 Å². The average Bonchev–Trinajstić information content (AvgIpc) is 3.54. The molecule has 3 aromatic rings. The Hall–Kier alpha value is -2.88. The molecule has 2 saturated carbocycles. The number of likely N-dealkylation sites (tertiary alicyclic amines) is 1. The Morgan fingerprint density at radius 2 is 1.69 bits per heavy atom. The van der Waals surface area contributed by atoms with E-state index in [1.54, 1.807) is 0 Å². The summed E-state index contributed by atoms with van der Waals surface area (Å²) in [6.07, 6.45) is 5.38. The van der Waals surface area contributed by atoms with Gasteiger partial charge in [0.25, 0.3) is 0 Å². The number of benzene rings is 3. The molecule has 2 aliphatic carbocycles. The van der Waals surface area contributed by atoms with Gasteiger partial charge in [0.2, 0.25) is 11.8 Å². The Labute approximate surface area is 189 Å². The van der Waals surface area contributed by atoms with Crippen molar-refractivity contribution in [3.8, 4) is 0 Å². The number of carbonyl (C=O) groups is 2. The molecule has 1 heterocycles. The first-order valence-electron chi connectivity index (χ1n) is 12.0. The molecule has 0 aromatic heterocycles. The Balaban J connectivity index is 1.24. The minimum Gasteiger partial charge on any atom is -0.341 e. The summed E-state index contributed by atoms with van der Waals surface area (Å²) in [5.74, 6) is 1.53. The number of rotatable bonds is 4. The lowest BCUT2D eigenvalue weighted by molar-refractivity contribution is -0.135. The summed E-state index contributed by atoms with van der Waals surface area (Å²) in [5.41, 5.74) is 1.18. The lowest BCUT2D eigenvalue weighted by Gasteiger charge is -2.31. The molecular formula is C28H30N2O2. The molecule has 3 aromatic carbocycles. The number of hydrogen-bond acceptors (Lipinski definition) is 2. The molecule has 3 fully saturated rings. The molecule has 164 valence electrons. The van der Waals surface area contributed by atoms with Crippen molar-refractivity contribution in [2.75, 3.05) is 13.6 Å². The van der Waals surface area contributed by atoms with Gasteiger partial charge in [0.05, 0.1) is 5.92 Å². The van der Waals surface area contributed by atoms with Gasteiger partial charge in [-0.2, -0.15) is 0 Å². The second kappa shape index (κ2) is 7.61. The van der Waals surface area contributed by atoms with Crippen molar-refractivity contribution < 1.29 is 9.59 Å². The van der Waals surface area contributed by atoms with E-state index in [-0.39, 0.29) is 17.7 Å². The Kier molecular flexibility index (Phi) is 4.71. The van der Waals surface area contributed by atoms with Crippen molar-refractivity contribution in [2.24, 2.45) is 17.8 Å². The fraction of sp³-hybridized carbons (Fsp3) is 0.429. The zero-order chi connectivity index (χ0) is 21.8. The van der Waals surface area contributed by atoms with Crippen molar-refractivity contribution in [2.45, 2.75) is 44.7 Å². The number of fused-ring (bicyclic) bond motifs is 4. The second-order valence-electron chi connectivity index (χ2n) is 10.2. The van der Waals surface area contributed by atoms with Crippen LogP contribution in [0.5, 0.6) is 0 Å². The van der Waals surface area contributed by atoms with Crippen molar-refractivity contribution in [1.82, 2.24) is 9.80 Å². The predicted molar refractivity (Wildman–Crippen MR) is 127 cm³/mol. The van der Waals surface area contributed by atoms with E-state index in [4.69, 9.17) is 0 Å². The van der Waals surface area contributed by atoms with Gasteiger partial charge in [0, 0.05) is 32.6 Å². The topological polar surface area (TPSA) is 40.6 Å². The van der Waals surface area contributed by atoms with Crippen LogP contribution >= 0.6 is 0 Å². The number of nitrogens with zero attached hydrogens (tertiary/aromatic N) is 2. The van der Waals surface area contributed by atoms with E-state index in [1.165, 1.54) is 46.4 Å². The summed E-state index contributed by atoms with van der Waals surface area (Å²) >= 11 is 0. The van der Waals surface area contributed by atoms with E-state index >= 15 is 0 Å². The molecule has 4 heteroatoms. The first kappa shape index (κ1) is 19.8. The smallest absolute Gasteiger partial charge is 0.228 e. The molecule has 2 amide bonds. The highest BCUT2D eigenvalue weighted by molar-refractivity contribution is 6.02. The average molecular weight is 427 g/mol. The minimum absolute atomic E-state index is 0.0982. The van der Waals surface area contributed by atoms with Gasteiger partial charge in [-0.3, -0.25) is 9.59 Å². The zero-order valence-corrected chi connectivity index (χ0v) is 18.7. The van der Waals surface area contributed by atoms with Crippen molar-refractivity contribution in [1.29, 1.82) is 0 Å². The van der Waals surface area contributed by atoms with Gasteiger partial charge in [0.15, 0.2) is 0 Å². The maximum Gasteiger partial charge on any atom is 0.228 e. The Morgan fingerprint density at radius 3 is 2.31 bits per heavy atom. The van der Waals surface area contributed by atoms with Crippen LogP contribution in [0.2, 0.25) is 0 Å². The molecule has 4 nitrogen and oxygen atoms in total. The molecule has 0 N–H and O–H groups in total. The standard InChI is InChI=1S/C28H30N2O2/c1-29(17-25-23-8-4-2-6-19(23)14-20-7-3-5-9-24(20)25)28(32)22-15-27(31)30(16-22)26-13-18-10-11-21(26)12-18/h2-9,14,18,21-22,26H,10-13,15-17H2,1H3. The predicted octanol–water partition coefficient (Wildman–Crippen LogP) is 4.99. The molecule has 4 unspecified atom stereocenters. The molecule has 0 spiro atoms. The van der Waals surface area contributed by atoms with Crippen LogP contribution in [-0.4, -0.2) is 41.2 Å². The highest BCUT2D eigenvalue weighted by Gasteiger charge is 2.47. The third-order valence-corrected chi connectivity index (χ3v) is 8.26. The first-order chi connectivity index (χ1) is 15.6. The van der Waals surface area contributed by atoms with Crippen LogP contribution in [0, 0.1) is 17.8 Å². The zero-order valence-electron chi connectivity index (χ0n) is 18.7. The van der Waals surface area contributed by atoms with Crippen molar-refractivity contribution >= 4 is 33.4 Å². The van der Waals surface area contributed by atoms with Gasteiger partial charge in [-0.25, -0.2) is 0 Å². The van der Waals surface area contributed by atoms with Gasteiger partial charge in [-0.15, -0.1) is 0 Å². The van der Waals surface area contributed by atoms with E-state index in [1.807, 2.05) is 11.9 Å². The second-order valence-corrected chi connectivity index (χ2v) is 10.2. The van der Waals surface area contributed by atoms with E-state index in [9.17, 15) is 9.59 Å². The van der Waals surface area contributed by atoms with Crippen molar-refractivity contribution in [3.63, 3.8) is 0 Å². The first-order valence-corrected chi connectivity index (χ1v) is 12.0. The van der Waals surface area contributed by atoms with Crippen LogP contribution in [0.4, 0.5) is 0 Å². The van der Waals surface area contributed by atoms with Gasteiger partial charge < -0.3 is 9.80 Å². The van der Waals surface area contributed by atoms with E-state index in [0.29, 0.717) is 31.5 Å². The van der Waals surface area contributed by atoms with Gasteiger partial charge in [-0.1, -0.05) is 55.0 Å². The summed E-state index contributed by atoms with van der Waals surface area (Å²) in [4.78, 5) is 30.2. The summed E-state index contributed by atoms with van der Waals surface area (Å²) < 4.78 is 0. The quantitative estimate of drug-likeness (QED) is 0.552. The molecule has 4 atom stereocenters. The minimum atomic E-state index is -0.215. The van der Waals surface area contributed by atoms with Gasteiger partial charge >= 0.3 is 0 Å². The highest BCUT2D eigenvalue weighted by Crippen LogP contribution is 2.47. The molecule has 6 rings (SSSR count). The van der Waals surface area contributed by atoms with Crippen LogP contribution in [0.3, 0.4) is 0 Å². The fourth-order valence-corrected chi connectivity index (χ4v) is 6.72. The molecule has 1 saturated heterocycles. The maximum absolute atomic E-state index is 13.4. The normalized spacial score (nSPS) is 27.0. The summed E-state index contributed by atoms with van der Waals surface area (Å²) in [6, 6.07) is 19.4. The molecule has 3 aliphatic rings. The third-order valence-electron chi connectivity index (χ3n) is 8.26. The Bertz CT molecular complexity index is 1160. The SMILES string of the molecule is CN(Cc1c2ccccc2cc2ccccc12)C(=O)C1CC(=O)N(C2CC3CCC2C3)C1. The molecule has 2 bridgehead atoms. The maximum atomic E-state index is 13.4. The monoisotopic (exact) mass is 426 g/mol. The highest BCUT2D eigenvalue weighted by atomic mass is 16.2.